The number of rotatable bonds is 4. The summed E-state index contributed by atoms with van der Waals surface area (Å²) in [5.41, 5.74) is 4.17. The smallest absolute Gasteiger partial charge is 0.225 e. The van der Waals surface area contributed by atoms with Crippen molar-refractivity contribution in [2.45, 2.75) is 20.4 Å². The monoisotopic (exact) mass is 350 g/mol. The van der Waals surface area contributed by atoms with Gasteiger partial charge in [-0.3, -0.25) is 9.88 Å². The molecule has 0 bridgehead atoms. The Morgan fingerprint density at radius 2 is 1.77 bits per heavy atom. The highest BCUT2D eigenvalue weighted by Crippen LogP contribution is 2.20. The average Bonchev–Trinajstić information content (AvgIpc) is 3.01. The van der Waals surface area contributed by atoms with Gasteiger partial charge in [0, 0.05) is 62.4 Å². The van der Waals surface area contributed by atoms with Crippen LogP contribution >= 0.6 is 0 Å². The first-order valence-electron chi connectivity index (χ1n) is 8.83. The second-order valence-corrected chi connectivity index (χ2v) is 6.54. The fourth-order valence-electron chi connectivity index (χ4n) is 3.24. The lowest BCUT2D eigenvalue weighted by Crippen LogP contribution is -2.46. The van der Waals surface area contributed by atoms with Gasteiger partial charge in [0.2, 0.25) is 5.95 Å². The van der Waals surface area contributed by atoms with Gasteiger partial charge in [0.05, 0.1) is 11.4 Å². The highest BCUT2D eigenvalue weighted by atomic mass is 16.5. The SMILES string of the molecule is Cc1noc(C)c1CN1CCN(c2nccc(-c3ccncc3)n2)CC1. The zero-order chi connectivity index (χ0) is 17.9. The van der Waals surface area contributed by atoms with Crippen molar-refractivity contribution >= 4 is 5.95 Å². The predicted octanol–water partition coefficient (Wildman–Crippen LogP) is 2.47. The molecule has 1 saturated heterocycles. The van der Waals surface area contributed by atoms with Crippen molar-refractivity contribution in [3.05, 3.63) is 53.8 Å². The Morgan fingerprint density at radius 1 is 1.00 bits per heavy atom. The number of pyridine rings is 1. The van der Waals surface area contributed by atoms with Gasteiger partial charge in [-0.1, -0.05) is 5.16 Å². The van der Waals surface area contributed by atoms with Crippen molar-refractivity contribution in [3.63, 3.8) is 0 Å². The summed E-state index contributed by atoms with van der Waals surface area (Å²) in [6, 6.07) is 5.87. The summed E-state index contributed by atoms with van der Waals surface area (Å²) in [5, 5.41) is 4.05. The molecule has 26 heavy (non-hydrogen) atoms. The lowest BCUT2D eigenvalue weighted by Gasteiger charge is -2.34. The Bertz CT molecular complexity index is 851. The van der Waals surface area contributed by atoms with Gasteiger partial charge in [0.15, 0.2) is 0 Å². The summed E-state index contributed by atoms with van der Waals surface area (Å²) in [5.74, 6) is 1.70. The normalized spacial score (nSPS) is 15.4. The molecule has 0 radical (unpaired) electrons. The van der Waals surface area contributed by atoms with E-state index < -0.39 is 0 Å². The average molecular weight is 350 g/mol. The molecule has 1 aliphatic rings. The van der Waals surface area contributed by atoms with Crippen molar-refractivity contribution in [2.75, 3.05) is 31.1 Å². The maximum Gasteiger partial charge on any atom is 0.225 e. The van der Waals surface area contributed by atoms with E-state index in [-0.39, 0.29) is 0 Å². The van der Waals surface area contributed by atoms with Crippen LogP contribution in [-0.4, -0.2) is 51.2 Å². The van der Waals surface area contributed by atoms with E-state index in [1.807, 2.05) is 38.2 Å². The van der Waals surface area contributed by atoms with E-state index in [0.29, 0.717) is 0 Å². The molecule has 0 N–H and O–H groups in total. The number of nitrogens with zero attached hydrogens (tertiary/aromatic N) is 6. The van der Waals surface area contributed by atoms with Crippen LogP contribution in [0.15, 0.2) is 41.3 Å². The highest BCUT2D eigenvalue weighted by molar-refractivity contribution is 5.59. The molecule has 7 nitrogen and oxygen atoms in total. The number of aromatic nitrogens is 4. The van der Waals surface area contributed by atoms with Crippen LogP contribution in [0.25, 0.3) is 11.3 Å². The molecule has 0 amide bonds. The molecule has 3 aromatic rings. The first-order chi connectivity index (χ1) is 12.7. The molecular weight excluding hydrogens is 328 g/mol. The first-order valence-corrected chi connectivity index (χ1v) is 8.83. The summed E-state index contributed by atoms with van der Waals surface area (Å²) in [4.78, 5) is 17.9. The summed E-state index contributed by atoms with van der Waals surface area (Å²) >= 11 is 0. The lowest BCUT2D eigenvalue weighted by atomic mass is 10.2. The minimum absolute atomic E-state index is 0.788. The molecule has 0 atom stereocenters. The second kappa shape index (κ2) is 7.21. The van der Waals surface area contributed by atoms with Crippen LogP contribution in [-0.2, 0) is 6.54 Å². The molecule has 0 spiro atoms. The van der Waals surface area contributed by atoms with Gasteiger partial charge >= 0.3 is 0 Å². The maximum atomic E-state index is 5.27. The molecule has 7 heteroatoms. The fourth-order valence-corrected chi connectivity index (χ4v) is 3.24. The molecule has 4 rings (SSSR count). The van der Waals surface area contributed by atoms with Gasteiger partial charge in [0.1, 0.15) is 5.76 Å². The summed E-state index contributed by atoms with van der Waals surface area (Å²) in [6.07, 6.45) is 5.39. The number of hydrogen-bond donors (Lipinski definition) is 0. The van der Waals surface area contributed by atoms with Gasteiger partial charge in [-0.2, -0.15) is 0 Å². The standard InChI is InChI=1S/C19H22N6O/c1-14-17(15(2)26-23-14)13-24-9-11-25(12-10-24)19-21-8-5-18(22-19)16-3-6-20-7-4-16/h3-8H,9-13H2,1-2H3. The molecule has 4 heterocycles. The molecule has 0 saturated carbocycles. The number of piperazine rings is 1. The van der Waals surface area contributed by atoms with Crippen LogP contribution in [0.5, 0.6) is 0 Å². The molecule has 134 valence electrons. The van der Waals surface area contributed by atoms with Gasteiger partial charge < -0.3 is 9.42 Å². The quantitative estimate of drug-likeness (QED) is 0.716. The van der Waals surface area contributed by atoms with Crippen molar-refractivity contribution in [2.24, 2.45) is 0 Å². The number of anilines is 1. The van der Waals surface area contributed by atoms with Crippen molar-refractivity contribution in [1.29, 1.82) is 0 Å². The van der Waals surface area contributed by atoms with Crippen LogP contribution in [0.2, 0.25) is 0 Å². The highest BCUT2D eigenvalue weighted by Gasteiger charge is 2.21. The Balaban J connectivity index is 1.42. The molecular formula is C19H22N6O. The largest absolute Gasteiger partial charge is 0.361 e. The summed E-state index contributed by atoms with van der Waals surface area (Å²) in [6.45, 7) is 8.60. The predicted molar refractivity (Wildman–Crippen MR) is 98.7 cm³/mol. The zero-order valence-corrected chi connectivity index (χ0v) is 15.1. The molecule has 1 fully saturated rings. The van der Waals surface area contributed by atoms with Crippen LogP contribution in [0, 0.1) is 13.8 Å². The second-order valence-electron chi connectivity index (χ2n) is 6.54. The van der Waals surface area contributed by atoms with E-state index >= 15 is 0 Å². The van der Waals surface area contributed by atoms with E-state index in [9.17, 15) is 0 Å². The summed E-state index contributed by atoms with van der Waals surface area (Å²) in [7, 11) is 0. The van der Waals surface area contributed by atoms with Crippen LogP contribution in [0.1, 0.15) is 17.0 Å². The third-order valence-electron chi connectivity index (χ3n) is 4.84. The van der Waals surface area contributed by atoms with Crippen molar-refractivity contribution in [1.82, 2.24) is 25.0 Å². The molecule has 0 aromatic carbocycles. The lowest BCUT2D eigenvalue weighted by molar-refractivity contribution is 0.247. The van der Waals surface area contributed by atoms with Crippen molar-refractivity contribution in [3.8, 4) is 11.3 Å². The topological polar surface area (TPSA) is 71.2 Å². The van der Waals surface area contributed by atoms with E-state index in [4.69, 9.17) is 9.51 Å². The van der Waals surface area contributed by atoms with E-state index in [1.54, 1.807) is 12.4 Å². The van der Waals surface area contributed by atoms with E-state index in [2.05, 4.69) is 24.9 Å². The molecule has 3 aromatic heterocycles. The van der Waals surface area contributed by atoms with Crippen LogP contribution < -0.4 is 4.90 Å². The molecule has 1 aliphatic heterocycles. The third-order valence-corrected chi connectivity index (χ3v) is 4.84. The Hall–Kier alpha value is -2.80. The maximum absolute atomic E-state index is 5.27. The van der Waals surface area contributed by atoms with Gasteiger partial charge in [-0.25, -0.2) is 9.97 Å². The Morgan fingerprint density at radius 3 is 2.46 bits per heavy atom. The van der Waals surface area contributed by atoms with Crippen LogP contribution in [0.3, 0.4) is 0 Å². The van der Waals surface area contributed by atoms with Gasteiger partial charge in [0.25, 0.3) is 0 Å². The number of aryl methyl sites for hydroxylation is 2. The van der Waals surface area contributed by atoms with Crippen LogP contribution in [0.4, 0.5) is 5.95 Å². The minimum atomic E-state index is 0.788. The zero-order valence-electron chi connectivity index (χ0n) is 15.1. The van der Waals surface area contributed by atoms with Gasteiger partial charge in [-0.15, -0.1) is 0 Å². The summed E-state index contributed by atoms with van der Waals surface area (Å²) < 4.78 is 5.27. The van der Waals surface area contributed by atoms with E-state index in [1.165, 1.54) is 5.56 Å². The Labute approximate surface area is 152 Å². The third kappa shape index (κ3) is 3.43. The van der Waals surface area contributed by atoms with Crippen molar-refractivity contribution < 1.29 is 4.52 Å². The molecule has 0 unspecified atom stereocenters. The van der Waals surface area contributed by atoms with E-state index in [0.717, 1.165) is 61.4 Å². The van der Waals surface area contributed by atoms with Gasteiger partial charge in [-0.05, 0) is 32.0 Å². The Kier molecular flexibility index (Phi) is 4.62. The molecule has 0 aliphatic carbocycles. The minimum Gasteiger partial charge on any atom is -0.361 e. The fraction of sp³-hybridized carbons (Fsp3) is 0.368. The first kappa shape index (κ1) is 16.7. The number of hydrogen-bond acceptors (Lipinski definition) is 7.